The monoisotopic (exact) mass is 349 g/mol. The first-order chi connectivity index (χ1) is 11.7. The molecule has 0 aliphatic carbocycles. The molecule has 1 aromatic rings. The molecule has 1 aliphatic rings. The lowest BCUT2D eigenvalue weighted by Gasteiger charge is -2.35. The lowest BCUT2D eigenvalue weighted by Crippen LogP contribution is -2.49. The molecule has 0 saturated carbocycles. The van der Waals surface area contributed by atoms with Crippen molar-refractivity contribution in [2.24, 2.45) is 0 Å². The lowest BCUT2D eigenvalue weighted by atomic mass is 10.0. The first-order valence-electron chi connectivity index (χ1n) is 8.42. The second-order valence-corrected chi connectivity index (χ2v) is 7.20. The molecular weight excluding hydrogens is 322 g/mol. The van der Waals surface area contributed by atoms with Crippen LogP contribution in [-0.2, 0) is 9.47 Å². The van der Waals surface area contributed by atoms with Crippen LogP contribution in [-0.4, -0.2) is 43.9 Å². The Labute approximate surface area is 148 Å². The van der Waals surface area contributed by atoms with Gasteiger partial charge in [0, 0.05) is 19.1 Å². The number of benzene rings is 1. The summed E-state index contributed by atoms with van der Waals surface area (Å²) in [5, 5.41) is 2.91. The van der Waals surface area contributed by atoms with Gasteiger partial charge in [-0.05, 0) is 51.8 Å². The van der Waals surface area contributed by atoms with Crippen LogP contribution in [0.2, 0.25) is 0 Å². The predicted octanol–water partition coefficient (Wildman–Crippen LogP) is 2.55. The zero-order valence-electron chi connectivity index (χ0n) is 15.3. The molecule has 1 amide bonds. The van der Waals surface area contributed by atoms with Crippen molar-refractivity contribution < 1.29 is 19.1 Å². The molecule has 1 saturated heterocycles. The van der Waals surface area contributed by atoms with Crippen LogP contribution in [0.1, 0.15) is 44.0 Å². The average Bonchev–Trinajstić information content (AvgIpc) is 2.53. The van der Waals surface area contributed by atoms with Crippen molar-refractivity contribution in [1.29, 1.82) is 0 Å². The maximum absolute atomic E-state index is 12.0. The summed E-state index contributed by atoms with van der Waals surface area (Å²) in [5.74, 6) is -0.401. The molecule has 7 heteroatoms. The topological polar surface area (TPSA) is 93.9 Å². The first-order valence-corrected chi connectivity index (χ1v) is 8.42. The molecule has 25 heavy (non-hydrogen) atoms. The zero-order valence-corrected chi connectivity index (χ0v) is 15.3. The van der Waals surface area contributed by atoms with E-state index in [1.165, 1.54) is 7.11 Å². The van der Waals surface area contributed by atoms with Gasteiger partial charge in [0.1, 0.15) is 5.60 Å². The van der Waals surface area contributed by atoms with Gasteiger partial charge in [-0.15, -0.1) is 0 Å². The Balaban J connectivity index is 2.08. The molecule has 0 radical (unpaired) electrons. The third kappa shape index (κ3) is 5.27. The molecule has 0 unspecified atom stereocenters. The van der Waals surface area contributed by atoms with Gasteiger partial charge in [-0.2, -0.15) is 0 Å². The number of nitrogens with two attached hydrogens (primary N) is 1. The number of methoxy groups -OCH3 is 1. The number of esters is 1. The van der Waals surface area contributed by atoms with Crippen molar-refractivity contribution in [1.82, 2.24) is 5.32 Å². The molecule has 0 aromatic heterocycles. The van der Waals surface area contributed by atoms with Crippen LogP contribution in [0.15, 0.2) is 18.2 Å². The number of amides is 1. The van der Waals surface area contributed by atoms with Gasteiger partial charge in [-0.1, -0.05) is 0 Å². The number of nitrogens with zero attached hydrogens (tertiary/aromatic N) is 1. The van der Waals surface area contributed by atoms with Gasteiger partial charge in [0.2, 0.25) is 0 Å². The fourth-order valence-electron chi connectivity index (χ4n) is 2.85. The average molecular weight is 349 g/mol. The Morgan fingerprint density at radius 1 is 1.32 bits per heavy atom. The van der Waals surface area contributed by atoms with Crippen LogP contribution < -0.4 is 16.0 Å². The van der Waals surface area contributed by atoms with E-state index >= 15 is 0 Å². The Morgan fingerprint density at radius 2 is 2.04 bits per heavy atom. The van der Waals surface area contributed by atoms with Gasteiger partial charge in [0.15, 0.2) is 0 Å². The van der Waals surface area contributed by atoms with Gasteiger partial charge in [0.25, 0.3) is 0 Å². The van der Waals surface area contributed by atoms with E-state index in [1.807, 2.05) is 20.8 Å². The molecule has 3 N–H and O–H groups in total. The molecule has 2 rings (SSSR count). The Morgan fingerprint density at radius 3 is 2.68 bits per heavy atom. The van der Waals surface area contributed by atoms with E-state index in [0.717, 1.165) is 25.1 Å². The quantitative estimate of drug-likeness (QED) is 0.643. The third-order valence-electron chi connectivity index (χ3n) is 3.93. The molecule has 0 bridgehead atoms. The maximum atomic E-state index is 12.0. The number of hydrogen-bond acceptors (Lipinski definition) is 6. The summed E-state index contributed by atoms with van der Waals surface area (Å²) in [7, 11) is 1.35. The molecule has 1 fully saturated rings. The number of carbonyl (C=O) groups is 2. The highest BCUT2D eigenvalue weighted by molar-refractivity contribution is 5.92. The van der Waals surface area contributed by atoms with Crippen LogP contribution in [0.5, 0.6) is 0 Å². The molecule has 0 spiro atoms. The van der Waals surface area contributed by atoms with Crippen molar-refractivity contribution in [3.8, 4) is 0 Å². The number of alkyl carbamates (subject to hydrolysis) is 1. The standard InChI is InChI=1S/C18H27N3O4/c1-18(2,3)25-17(23)20-13-6-5-9-21(11-13)15-10-12(16(22)24-4)7-8-14(15)19/h7-8,10,13H,5-6,9,11,19H2,1-4H3,(H,20,23)/t13-/m0/s1. The van der Waals surface area contributed by atoms with Crippen molar-refractivity contribution in [2.75, 3.05) is 30.8 Å². The van der Waals surface area contributed by atoms with E-state index in [4.69, 9.17) is 15.2 Å². The largest absolute Gasteiger partial charge is 0.465 e. The predicted molar refractivity (Wildman–Crippen MR) is 96.8 cm³/mol. The summed E-state index contributed by atoms with van der Waals surface area (Å²) in [6.45, 7) is 6.91. The zero-order chi connectivity index (χ0) is 18.6. The Bertz CT molecular complexity index is 640. The second kappa shape index (κ2) is 7.63. The van der Waals surface area contributed by atoms with Crippen molar-refractivity contribution >= 4 is 23.4 Å². The molecule has 1 atom stereocenters. The minimum Gasteiger partial charge on any atom is -0.465 e. The van der Waals surface area contributed by atoms with Gasteiger partial charge < -0.3 is 25.4 Å². The molecular formula is C18H27N3O4. The molecule has 7 nitrogen and oxygen atoms in total. The van der Waals surface area contributed by atoms with E-state index in [9.17, 15) is 9.59 Å². The van der Waals surface area contributed by atoms with Gasteiger partial charge in [-0.25, -0.2) is 9.59 Å². The van der Waals surface area contributed by atoms with Gasteiger partial charge >= 0.3 is 12.1 Å². The Kier molecular flexibility index (Phi) is 5.77. The van der Waals surface area contributed by atoms with Crippen molar-refractivity contribution in [3.05, 3.63) is 23.8 Å². The number of rotatable bonds is 3. The van der Waals surface area contributed by atoms with Crippen LogP contribution in [0.4, 0.5) is 16.2 Å². The van der Waals surface area contributed by atoms with Gasteiger partial charge in [-0.3, -0.25) is 0 Å². The highest BCUT2D eigenvalue weighted by Crippen LogP contribution is 2.28. The fourth-order valence-corrected chi connectivity index (χ4v) is 2.85. The number of piperidine rings is 1. The van der Waals surface area contributed by atoms with E-state index in [2.05, 4.69) is 10.2 Å². The minimum absolute atomic E-state index is 0.0372. The normalized spacial score (nSPS) is 17.8. The van der Waals surface area contributed by atoms with Crippen LogP contribution in [0, 0.1) is 0 Å². The number of nitrogen functional groups attached to an aromatic ring is 1. The molecule has 1 aromatic carbocycles. The molecule has 1 aliphatic heterocycles. The van der Waals surface area contributed by atoms with E-state index in [0.29, 0.717) is 17.8 Å². The van der Waals surface area contributed by atoms with E-state index in [-0.39, 0.29) is 6.04 Å². The van der Waals surface area contributed by atoms with Crippen LogP contribution >= 0.6 is 0 Å². The molecule has 1 heterocycles. The van der Waals surface area contributed by atoms with Crippen LogP contribution in [0.25, 0.3) is 0 Å². The SMILES string of the molecule is COC(=O)c1ccc(N)c(N2CCC[C@H](NC(=O)OC(C)(C)C)C2)c1. The highest BCUT2D eigenvalue weighted by atomic mass is 16.6. The van der Waals surface area contributed by atoms with E-state index < -0.39 is 17.7 Å². The first kappa shape index (κ1) is 18.9. The van der Waals surface area contributed by atoms with E-state index in [1.54, 1.807) is 18.2 Å². The smallest absolute Gasteiger partial charge is 0.407 e. The summed E-state index contributed by atoms with van der Waals surface area (Å²) in [6.07, 6.45) is 1.35. The summed E-state index contributed by atoms with van der Waals surface area (Å²) in [5.41, 5.74) is 7.37. The minimum atomic E-state index is -0.530. The lowest BCUT2D eigenvalue weighted by molar-refractivity contribution is 0.0499. The fraction of sp³-hybridized carbons (Fsp3) is 0.556. The van der Waals surface area contributed by atoms with Crippen molar-refractivity contribution in [3.63, 3.8) is 0 Å². The molecule has 138 valence electrons. The highest BCUT2D eigenvalue weighted by Gasteiger charge is 2.25. The summed E-state index contributed by atoms with van der Waals surface area (Å²) in [4.78, 5) is 25.8. The number of nitrogens with one attached hydrogen (secondary N) is 1. The Hall–Kier alpha value is -2.44. The summed E-state index contributed by atoms with van der Waals surface area (Å²) < 4.78 is 10.1. The third-order valence-corrected chi connectivity index (χ3v) is 3.93. The summed E-state index contributed by atoms with van der Waals surface area (Å²) >= 11 is 0. The van der Waals surface area contributed by atoms with Gasteiger partial charge in [0.05, 0.1) is 24.0 Å². The summed E-state index contributed by atoms with van der Waals surface area (Å²) in [6, 6.07) is 5.04. The number of anilines is 2. The number of hydrogen-bond donors (Lipinski definition) is 2. The number of ether oxygens (including phenoxy) is 2. The number of carbonyl (C=O) groups excluding carboxylic acids is 2. The van der Waals surface area contributed by atoms with Crippen molar-refractivity contribution in [2.45, 2.75) is 45.3 Å². The second-order valence-electron chi connectivity index (χ2n) is 7.20. The maximum Gasteiger partial charge on any atom is 0.407 e. The van der Waals surface area contributed by atoms with Crippen LogP contribution in [0.3, 0.4) is 0 Å².